The molecule has 0 unspecified atom stereocenters. The third kappa shape index (κ3) is 4.22. The van der Waals surface area contributed by atoms with Gasteiger partial charge in [-0.15, -0.1) is 0 Å². The molecule has 0 fully saturated rings. The molecule has 4 rings (SSSR count). The summed E-state index contributed by atoms with van der Waals surface area (Å²) in [6.07, 6.45) is 8.77. The summed E-state index contributed by atoms with van der Waals surface area (Å²) in [5.41, 5.74) is 2.77. The summed E-state index contributed by atoms with van der Waals surface area (Å²) in [6.45, 7) is 0.661. The Kier molecular flexibility index (Phi) is 5.44. The number of amides is 1. The molecule has 146 valence electrons. The predicted molar refractivity (Wildman–Crippen MR) is 111 cm³/mol. The molecule has 0 saturated heterocycles. The molecule has 4 aromatic rings. The number of rotatable bonds is 6. The lowest BCUT2D eigenvalue weighted by atomic mass is 10.2. The Balaban J connectivity index is 1.59. The lowest BCUT2D eigenvalue weighted by Crippen LogP contribution is -2.17. The standard InChI is InChI=1S/C21H18FN5OS/c1-29-21-24-12-19(27(21)18-7-5-16(22)6-8-18)20(28)25-17-4-2-3-15(11-17)13-26-10-9-23-14-26/h2-12,14H,13H2,1H3,(H,25,28). The van der Waals surface area contributed by atoms with Gasteiger partial charge in [0, 0.05) is 30.3 Å². The second kappa shape index (κ2) is 8.32. The molecule has 0 radical (unpaired) electrons. The highest BCUT2D eigenvalue weighted by atomic mass is 32.2. The summed E-state index contributed by atoms with van der Waals surface area (Å²) in [7, 11) is 0. The fraction of sp³-hybridized carbons (Fsp3) is 0.0952. The molecule has 2 aromatic heterocycles. The van der Waals surface area contributed by atoms with E-state index in [0.717, 1.165) is 5.56 Å². The highest BCUT2D eigenvalue weighted by Crippen LogP contribution is 2.23. The van der Waals surface area contributed by atoms with Crippen LogP contribution < -0.4 is 5.32 Å². The van der Waals surface area contributed by atoms with Gasteiger partial charge in [-0.3, -0.25) is 9.36 Å². The Bertz CT molecular complexity index is 1120. The zero-order valence-corrected chi connectivity index (χ0v) is 16.4. The highest BCUT2D eigenvalue weighted by molar-refractivity contribution is 7.98. The van der Waals surface area contributed by atoms with Crippen LogP contribution in [0.5, 0.6) is 0 Å². The maximum atomic E-state index is 13.3. The van der Waals surface area contributed by atoms with E-state index in [1.54, 1.807) is 29.2 Å². The van der Waals surface area contributed by atoms with Gasteiger partial charge in [-0.25, -0.2) is 14.4 Å². The molecule has 8 heteroatoms. The predicted octanol–water partition coefficient (Wildman–Crippen LogP) is 4.23. The zero-order chi connectivity index (χ0) is 20.2. The van der Waals surface area contributed by atoms with E-state index in [-0.39, 0.29) is 11.7 Å². The Morgan fingerprint density at radius 1 is 1.21 bits per heavy atom. The zero-order valence-electron chi connectivity index (χ0n) is 15.6. The number of carbonyl (C=O) groups excluding carboxylic acids is 1. The van der Waals surface area contributed by atoms with Gasteiger partial charge in [0.1, 0.15) is 11.5 Å². The van der Waals surface area contributed by atoms with E-state index in [4.69, 9.17) is 0 Å². The van der Waals surface area contributed by atoms with E-state index in [2.05, 4.69) is 15.3 Å². The van der Waals surface area contributed by atoms with Gasteiger partial charge < -0.3 is 9.88 Å². The summed E-state index contributed by atoms with van der Waals surface area (Å²) >= 11 is 1.41. The van der Waals surface area contributed by atoms with Crippen LogP contribution in [-0.4, -0.2) is 31.3 Å². The molecule has 6 nitrogen and oxygen atoms in total. The average molecular weight is 407 g/mol. The summed E-state index contributed by atoms with van der Waals surface area (Å²) in [5, 5.41) is 3.58. The van der Waals surface area contributed by atoms with Crippen molar-refractivity contribution in [2.24, 2.45) is 0 Å². The Morgan fingerprint density at radius 3 is 2.76 bits per heavy atom. The minimum atomic E-state index is -0.333. The van der Waals surface area contributed by atoms with Crippen LogP contribution in [0.3, 0.4) is 0 Å². The summed E-state index contributed by atoms with van der Waals surface area (Å²) in [5.74, 6) is -0.623. The fourth-order valence-corrected chi connectivity index (χ4v) is 3.56. The van der Waals surface area contributed by atoms with Crippen LogP contribution >= 0.6 is 11.8 Å². The number of carbonyl (C=O) groups is 1. The SMILES string of the molecule is CSc1ncc(C(=O)Nc2cccc(Cn3ccnc3)c2)n1-c1ccc(F)cc1. The second-order valence-corrected chi connectivity index (χ2v) is 7.10. The van der Waals surface area contributed by atoms with Gasteiger partial charge in [-0.1, -0.05) is 23.9 Å². The third-order valence-electron chi connectivity index (χ3n) is 4.34. The maximum Gasteiger partial charge on any atom is 0.274 e. The topological polar surface area (TPSA) is 64.7 Å². The molecule has 0 bridgehead atoms. The number of anilines is 1. The van der Waals surface area contributed by atoms with Crippen molar-refractivity contribution in [3.05, 3.63) is 90.5 Å². The van der Waals surface area contributed by atoms with Gasteiger partial charge in [0.25, 0.3) is 5.91 Å². The Hall–Kier alpha value is -3.39. The third-order valence-corrected chi connectivity index (χ3v) is 4.99. The van der Waals surface area contributed by atoms with Gasteiger partial charge in [0.05, 0.1) is 12.5 Å². The molecule has 29 heavy (non-hydrogen) atoms. The van der Waals surface area contributed by atoms with Crippen molar-refractivity contribution in [2.45, 2.75) is 11.7 Å². The van der Waals surface area contributed by atoms with Crippen LogP contribution in [0.4, 0.5) is 10.1 Å². The number of benzene rings is 2. The smallest absolute Gasteiger partial charge is 0.274 e. The molecular weight excluding hydrogens is 389 g/mol. The molecule has 1 N–H and O–H groups in total. The second-order valence-electron chi connectivity index (χ2n) is 6.33. The molecule has 0 aliphatic heterocycles. The summed E-state index contributed by atoms with van der Waals surface area (Å²) in [4.78, 5) is 21.3. The number of hydrogen-bond donors (Lipinski definition) is 1. The minimum absolute atomic E-state index is 0.290. The lowest BCUT2D eigenvalue weighted by Gasteiger charge is -2.12. The summed E-state index contributed by atoms with van der Waals surface area (Å²) < 4.78 is 17.0. The van der Waals surface area contributed by atoms with E-state index in [1.807, 2.05) is 41.3 Å². The molecule has 2 heterocycles. The van der Waals surface area contributed by atoms with E-state index < -0.39 is 0 Å². The first kappa shape index (κ1) is 18.9. The van der Waals surface area contributed by atoms with Gasteiger partial charge in [-0.05, 0) is 48.2 Å². The van der Waals surface area contributed by atoms with Gasteiger partial charge in [0.2, 0.25) is 0 Å². The number of hydrogen-bond acceptors (Lipinski definition) is 4. The monoisotopic (exact) mass is 407 g/mol. The maximum absolute atomic E-state index is 13.3. The van der Waals surface area contributed by atoms with Crippen LogP contribution in [0.15, 0.2) is 78.6 Å². The molecule has 0 atom stereocenters. The minimum Gasteiger partial charge on any atom is -0.333 e. The number of halogens is 1. The van der Waals surface area contributed by atoms with Crippen molar-refractivity contribution in [2.75, 3.05) is 11.6 Å². The molecule has 0 aliphatic carbocycles. The van der Waals surface area contributed by atoms with Crippen LogP contribution in [0.25, 0.3) is 5.69 Å². The van der Waals surface area contributed by atoms with Crippen molar-refractivity contribution < 1.29 is 9.18 Å². The van der Waals surface area contributed by atoms with Crippen LogP contribution in [-0.2, 0) is 6.54 Å². The molecule has 2 aromatic carbocycles. The number of imidazole rings is 2. The molecule has 0 aliphatic rings. The number of nitrogens with zero attached hydrogens (tertiary/aromatic N) is 4. The van der Waals surface area contributed by atoms with Crippen molar-refractivity contribution in [3.63, 3.8) is 0 Å². The van der Waals surface area contributed by atoms with Gasteiger partial charge in [-0.2, -0.15) is 0 Å². The first-order chi connectivity index (χ1) is 14.1. The van der Waals surface area contributed by atoms with Gasteiger partial charge >= 0.3 is 0 Å². The number of aromatic nitrogens is 4. The Labute approximate surface area is 171 Å². The van der Waals surface area contributed by atoms with E-state index >= 15 is 0 Å². The van der Waals surface area contributed by atoms with Crippen LogP contribution in [0, 0.1) is 5.82 Å². The number of nitrogens with one attached hydrogen (secondary N) is 1. The molecule has 1 amide bonds. The summed E-state index contributed by atoms with van der Waals surface area (Å²) in [6, 6.07) is 13.6. The molecular formula is C21H18FN5OS. The van der Waals surface area contributed by atoms with Crippen LogP contribution in [0.2, 0.25) is 0 Å². The quantitative estimate of drug-likeness (QED) is 0.486. The number of thioether (sulfide) groups is 1. The van der Waals surface area contributed by atoms with E-state index in [1.165, 1.54) is 30.1 Å². The normalized spacial score (nSPS) is 10.8. The van der Waals surface area contributed by atoms with Crippen molar-refractivity contribution in [3.8, 4) is 5.69 Å². The highest BCUT2D eigenvalue weighted by Gasteiger charge is 2.18. The fourth-order valence-electron chi connectivity index (χ4n) is 3.01. The first-order valence-electron chi connectivity index (χ1n) is 8.88. The Morgan fingerprint density at radius 2 is 2.03 bits per heavy atom. The van der Waals surface area contributed by atoms with Gasteiger partial charge in [0.15, 0.2) is 5.16 Å². The largest absolute Gasteiger partial charge is 0.333 e. The molecule has 0 spiro atoms. The van der Waals surface area contributed by atoms with Crippen molar-refractivity contribution >= 4 is 23.4 Å². The van der Waals surface area contributed by atoms with Crippen LogP contribution in [0.1, 0.15) is 16.1 Å². The van der Waals surface area contributed by atoms with E-state index in [0.29, 0.717) is 28.8 Å². The van der Waals surface area contributed by atoms with Crippen molar-refractivity contribution in [1.29, 1.82) is 0 Å². The van der Waals surface area contributed by atoms with E-state index in [9.17, 15) is 9.18 Å². The first-order valence-corrected chi connectivity index (χ1v) is 10.1. The average Bonchev–Trinajstić information content (AvgIpc) is 3.38. The lowest BCUT2D eigenvalue weighted by molar-refractivity contribution is 0.102. The molecule has 0 saturated carbocycles. The van der Waals surface area contributed by atoms with Crippen molar-refractivity contribution in [1.82, 2.24) is 19.1 Å².